The van der Waals surface area contributed by atoms with Gasteiger partial charge in [0.2, 0.25) is 5.88 Å². The lowest BCUT2D eigenvalue weighted by Crippen LogP contribution is -2.31. The van der Waals surface area contributed by atoms with Crippen molar-refractivity contribution < 1.29 is 9.53 Å². The predicted molar refractivity (Wildman–Crippen MR) is 118 cm³/mol. The minimum Gasteiger partial charge on any atom is -0.468 e. The average Bonchev–Trinajstić information content (AvgIpc) is 3.10. The van der Waals surface area contributed by atoms with Gasteiger partial charge in [0, 0.05) is 25.5 Å². The van der Waals surface area contributed by atoms with Crippen molar-refractivity contribution in [1.82, 2.24) is 30.0 Å². The molecule has 0 saturated heterocycles. The molecule has 8 heteroatoms. The Labute approximate surface area is 180 Å². The molecule has 8 nitrogen and oxygen atoms in total. The molecule has 4 aromatic rings. The third-order valence-electron chi connectivity index (χ3n) is 5.05. The Morgan fingerprint density at radius 1 is 1.16 bits per heavy atom. The second-order valence-corrected chi connectivity index (χ2v) is 7.51. The molecule has 0 radical (unpaired) electrons. The molecule has 1 atom stereocenters. The summed E-state index contributed by atoms with van der Waals surface area (Å²) in [5.41, 5.74) is 4.45. The van der Waals surface area contributed by atoms with E-state index in [1.165, 1.54) is 5.56 Å². The first-order valence-corrected chi connectivity index (χ1v) is 10.0. The van der Waals surface area contributed by atoms with Crippen LogP contribution in [0, 0.1) is 13.8 Å². The van der Waals surface area contributed by atoms with Crippen LogP contribution in [-0.2, 0) is 11.8 Å². The third kappa shape index (κ3) is 4.37. The van der Waals surface area contributed by atoms with Gasteiger partial charge in [-0.15, -0.1) is 0 Å². The first-order chi connectivity index (χ1) is 14.9. The van der Waals surface area contributed by atoms with E-state index in [0.29, 0.717) is 23.0 Å². The van der Waals surface area contributed by atoms with E-state index in [2.05, 4.69) is 25.4 Å². The van der Waals surface area contributed by atoms with E-state index in [4.69, 9.17) is 4.74 Å². The van der Waals surface area contributed by atoms with Crippen molar-refractivity contribution in [3.63, 3.8) is 0 Å². The summed E-state index contributed by atoms with van der Waals surface area (Å²) < 4.78 is 7.35. The molecule has 31 heavy (non-hydrogen) atoms. The number of aromatic nitrogens is 5. The number of pyridine rings is 1. The lowest BCUT2D eigenvalue weighted by Gasteiger charge is -2.15. The number of ether oxygens (including phenoxy) is 1. The molecule has 0 aliphatic heterocycles. The van der Waals surface area contributed by atoms with E-state index in [0.717, 1.165) is 16.5 Å². The van der Waals surface area contributed by atoms with Crippen LogP contribution in [0.5, 0.6) is 5.88 Å². The van der Waals surface area contributed by atoms with Gasteiger partial charge in [0.05, 0.1) is 11.4 Å². The second kappa shape index (κ2) is 8.51. The number of hydrogen-bond donors (Lipinski definition) is 1. The van der Waals surface area contributed by atoms with Crippen LogP contribution in [0.3, 0.4) is 0 Å². The van der Waals surface area contributed by atoms with Crippen LogP contribution < -0.4 is 10.1 Å². The molecule has 0 aliphatic rings. The fourth-order valence-corrected chi connectivity index (χ4v) is 3.41. The molecule has 3 aromatic heterocycles. The Bertz CT molecular complexity index is 1220. The van der Waals surface area contributed by atoms with Crippen LogP contribution in [0.4, 0.5) is 0 Å². The van der Waals surface area contributed by atoms with Gasteiger partial charge in [0.1, 0.15) is 5.69 Å². The summed E-state index contributed by atoms with van der Waals surface area (Å²) in [5, 5.41) is 8.34. The molecule has 4 rings (SSSR count). The highest BCUT2D eigenvalue weighted by Gasteiger charge is 2.18. The molecule has 1 unspecified atom stereocenters. The summed E-state index contributed by atoms with van der Waals surface area (Å²) in [6.07, 6.45) is 3.36. The van der Waals surface area contributed by atoms with Crippen LogP contribution >= 0.6 is 0 Å². The van der Waals surface area contributed by atoms with E-state index < -0.39 is 0 Å². The van der Waals surface area contributed by atoms with Crippen molar-refractivity contribution in [2.24, 2.45) is 7.05 Å². The standard InChI is InChI=1S/C23H24N6O2/c1-14-6-8-17(9-7-14)16(3)26-18(30)13-31-19-12-15(2)20-21(22-24-10-5-11-25-22)28-29(4)23(20)27-19/h5-12,16H,13H2,1-4H3,(H,26,30). The Balaban J connectivity index is 1.48. The fraction of sp³-hybridized carbons (Fsp3) is 0.261. The number of hydrogen-bond acceptors (Lipinski definition) is 6. The van der Waals surface area contributed by atoms with Crippen molar-refractivity contribution in [3.05, 3.63) is 65.5 Å². The lowest BCUT2D eigenvalue weighted by atomic mass is 10.1. The highest BCUT2D eigenvalue weighted by Crippen LogP contribution is 2.29. The van der Waals surface area contributed by atoms with E-state index in [1.807, 2.05) is 45.0 Å². The average molecular weight is 416 g/mol. The molecule has 3 heterocycles. The van der Waals surface area contributed by atoms with Gasteiger partial charge in [-0.05, 0) is 38.0 Å². The van der Waals surface area contributed by atoms with E-state index in [-0.39, 0.29) is 18.6 Å². The smallest absolute Gasteiger partial charge is 0.258 e. The number of benzene rings is 1. The molecule has 0 spiro atoms. The van der Waals surface area contributed by atoms with Crippen molar-refractivity contribution in [3.8, 4) is 17.4 Å². The van der Waals surface area contributed by atoms with Gasteiger partial charge in [-0.2, -0.15) is 10.1 Å². The number of rotatable bonds is 6. The van der Waals surface area contributed by atoms with E-state index in [1.54, 1.807) is 36.3 Å². The highest BCUT2D eigenvalue weighted by atomic mass is 16.5. The third-order valence-corrected chi connectivity index (χ3v) is 5.05. The predicted octanol–water partition coefficient (Wildman–Crippen LogP) is 3.30. The van der Waals surface area contributed by atoms with E-state index in [9.17, 15) is 4.79 Å². The maximum absolute atomic E-state index is 12.4. The van der Waals surface area contributed by atoms with Gasteiger partial charge < -0.3 is 10.1 Å². The topological polar surface area (TPSA) is 94.8 Å². The summed E-state index contributed by atoms with van der Waals surface area (Å²) in [5.74, 6) is 0.693. The number of aryl methyl sites for hydroxylation is 3. The van der Waals surface area contributed by atoms with Gasteiger partial charge in [0.15, 0.2) is 18.1 Å². The van der Waals surface area contributed by atoms with Crippen LogP contribution in [-0.4, -0.2) is 37.2 Å². The highest BCUT2D eigenvalue weighted by molar-refractivity contribution is 5.92. The molecular weight excluding hydrogens is 392 g/mol. The van der Waals surface area contributed by atoms with Crippen molar-refractivity contribution in [2.75, 3.05) is 6.61 Å². The summed E-state index contributed by atoms with van der Waals surface area (Å²) in [7, 11) is 1.81. The summed E-state index contributed by atoms with van der Waals surface area (Å²) in [6.45, 7) is 5.80. The normalized spacial score (nSPS) is 12.0. The molecular formula is C23H24N6O2. The molecule has 0 bridgehead atoms. The first kappa shape index (κ1) is 20.5. The second-order valence-electron chi connectivity index (χ2n) is 7.51. The fourth-order valence-electron chi connectivity index (χ4n) is 3.41. The summed E-state index contributed by atoms with van der Waals surface area (Å²) >= 11 is 0. The molecule has 0 saturated carbocycles. The van der Waals surface area contributed by atoms with Crippen LogP contribution in [0.2, 0.25) is 0 Å². The van der Waals surface area contributed by atoms with Gasteiger partial charge in [-0.1, -0.05) is 29.8 Å². The zero-order valence-electron chi connectivity index (χ0n) is 18.0. The number of fused-ring (bicyclic) bond motifs is 1. The number of nitrogens with one attached hydrogen (secondary N) is 1. The van der Waals surface area contributed by atoms with Crippen molar-refractivity contribution >= 4 is 16.9 Å². The maximum atomic E-state index is 12.4. The lowest BCUT2D eigenvalue weighted by molar-refractivity contribution is -0.123. The van der Waals surface area contributed by atoms with E-state index >= 15 is 0 Å². The number of nitrogens with zero attached hydrogens (tertiary/aromatic N) is 5. The number of carbonyl (C=O) groups is 1. The minimum atomic E-state index is -0.212. The Kier molecular flexibility index (Phi) is 5.62. The quantitative estimate of drug-likeness (QED) is 0.518. The Morgan fingerprint density at radius 3 is 2.58 bits per heavy atom. The van der Waals surface area contributed by atoms with Gasteiger partial charge in [-0.25, -0.2) is 14.6 Å². The van der Waals surface area contributed by atoms with Crippen LogP contribution in [0.1, 0.15) is 29.7 Å². The van der Waals surface area contributed by atoms with Crippen molar-refractivity contribution in [1.29, 1.82) is 0 Å². The van der Waals surface area contributed by atoms with Gasteiger partial charge in [-0.3, -0.25) is 4.79 Å². The summed E-state index contributed by atoms with van der Waals surface area (Å²) in [6, 6.07) is 11.5. The molecule has 0 aliphatic carbocycles. The minimum absolute atomic E-state index is 0.112. The SMILES string of the molecule is Cc1ccc(C(C)NC(=O)COc2cc(C)c3c(-c4ncccn4)nn(C)c3n2)cc1. The largest absolute Gasteiger partial charge is 0.468 e. The Hall–Kier alpha value is -3.81. The molecule has 1 amide bonds. The van der Waals surface area contributed by atoms with Crippen LogP contribution in [0.15, 0.2) is 48.8 Å². The Morgan fingerprint density at radius 2 is 1.87 bits per heavy atom. The van der Waals surface area contributed by atoms with Gasteiger partial charge >= 0.3 is 0 Å². The van der Waals surface area contributed by atoms with Crippen LogP contribution in [0.25, 0.3) is 22.6 Å². The van der Waals surface area contributed by atoms with Gasteiger partial charge in [0.25, 0.3) is 5.91 Å². The van der Waals surface area contributed by atoms with Crippen molar-refractivity contribution in [2.45, 2.75) is 26.8 Å². The molecule has 158 valence electrons. The maximum Gasteiger partial charge on any atom is 0.258 e. The molecule has 0 fully saturated rings. The zero-order valence-corrected chi connectivity index (χ0v) is 18.0. The number of amides is 1. The first-order valence-electron chi connectivity index (χ1n) is 10.0. The zero-order chi connectivity index (χ0) is 22.0. The monoisotopic (exact) mass is 416 g/mol. The summed E-state index contributed by atoms with van der Waals surface area (Å²) in [4.78, 5) is 25.5. The molecule has 1 N–H and O–H groups in total. The number of carbonyl (C=O) groups excluding carboxylic acids is 1. The molecule has 1 aromatic carbocycles.